The zero-order valence-electron chi connectivity index (χ0n) is 14.2. The average molecular weight is 542 g/mol. The van der Waals surface area contributed by atoms with Gasteiger partial charge in [-0.3, -0.25) is 4.55 Å². The van der Waals surface area contributed by atoms with Crippen LogP contribution >= 0.6 is 0 Å². The highest BCUT2D eigenvalue weighted by molar-refractivity contribution is 7.86. The van der Waals surface area contributed by atoms with Crippen molar-refractivity contribution in [3.8, 4) is 0 Å². The smallest absolute Gasteiger partial charge is 0.281 e. The molecule has 5 nitrogen and oxygen atoms in total. The van der Waals surface area contributed by atoms with Crippen LogP contribution in [0.15, 0.2) is 0 Å². The van der Waals surface area contributed by atoms with Crippen molar-refractivity contribution in [2.75, 3.05) is 0 Å². The predicted octanol–water partition coefficient (Wildman–Crippen LogP) is 5.19. The minimum atomic E-state index is -7.40. The molecule has 0 rings (SSSR count). The monoisotopic (exact) mass is 542 g/mol. The maximum Gasteiger partial charge on any atom is 0.460 e. The van der Waals surface area contributed by atoms with Gasteiger partial charge in [0.2, 0.25) is 0 Å². The summed E-state index contributed by atoms with van der Waals surface area (Å²) in [6.45, 7) is -0.894. The van der Waals surface area contributed by atoms with E-state index < -0.39 is 70.9 Å². The van der Waals surface area contributed by atoms with Gasteiger partial charge in [0, 0.05) is 6.92 Å². The van der Waals surface area contributed by atoms with E-state index in [2.05, 4.69) is 0 Å². The molecule has 194 valence electrons. The molecule has 0 aliphatic rings. The lowest BCUT2D eigenvalue weighted by Gasteiger charge is -2.35. The van der Waals surface area contributed by atoms with Crippen molar-refractivity contribution in [2.24, 2.45) is 0 Å². The first-order chi connectivity index (χ1) is 13.4. The molecule has 22 heteroatoms. The van der Waals surface area contributed by atoms with E-state index in [1.54, 1.807) is 4.74 Å². The molecule has 0 radical (unpaired) electrons. The zero-order chi connectivity index (χ0) is 26.6. The van der Waals surface area contributed by atoms with Gasteiger partial charge in [-0.2, -0.15) is 78.7 Å². The number of hydrogen-bond acceptors (Lipinski definition) is 4. The molecule has 0 fully saturated rings. The molecule has 0 aromatic heterocycles. The Kier molecular flexibility index (Phi) is 7.57. The van der Waals surface area contributed by atoms with E-state index in [0.29, 0.717) is 0 Å². The van der Waals surface area contributed by atoms with Crippen molar-refractivity contribution in [3.05, 3.63) is 0 Å². The Morgan fingerprint density at radius 3 is 1.12 bits per heavy atom. The number of alkyl halides is 16. The second kappa shape index (κ2) is 7.89. The van der Waals surface area contributed by atoms with Crippen LogP contribution in [0.25, 0.3) is 0 Å². The SMILES string of the molecule is CC(F)(F)C(F)(F)OC(F)(F)C(F)(F)CC(F)(F)C(F)(F)OC(F)(F)C(F)(F)S(=O)(=O)O. The first-order valence-electron chi connectivity index (χ1n) is 6.77. The lowest BCUT2D eigenvalue weighted by Crippen LogP contribution is -2.59. The maximum absolute atomic E-state index is 13.2. The molecule has 0 aliphatic heterocycles. The van der Waals surface area contributed by atoms with Gasteiger partial charge in [0.05, 0.1) is 6.42 Å². The summed E-state index contributed by atoms with van der Waals surface area (Å²) in [6, 6.07) is 0. The standard InChI is InChI=1S/C10H6F16O5S/c1-3(11,12)6(17,18)30-7(19,20)4(13,14)2-5(15,16)8(21,22)31-9(23,24)10(25,26)32(27,28)29/h2H2,1H3,(H,27,28,29). The topological polar surface area (TPSA) is 72.8 Å². The number of halogens is 16. The molecular formula is C10H6F16O5S. The lowest BCUT2D eigenvalue weighted by atomic mass is 10.1. The zero-order valence-corrected chi connectivity index (χ0v) is 15.1. The van der Waals surface area contributed by atoms with Gasteiger partial charge in [-0.05, 0) is 0 Å². The quantitative estimate of drug-likeness (QED) is 0.288. The third-order valence-corrected chi connectivity index (χ3v) is 3.87. The van der Waals surface area contributed by atoms with Gasteiger partial charge in [-0.15, -0.1) is 0 Å². The second-order valence-corrected chi connectivity index (χ2v) is 7.20. The Labute approximate surface area is 165 Å². The van der Waals surface area contributed by atoms with E-state index in [-0.39, 0.29) is 0 Å². The summed E-state index contributed by atoms with van der Waals surface area (Å²) in [5.74, 6) is -19.9. The summed E-state index contributed by atoms with van der Waals surface area (Å²) in [6.07, 6.45) is -33.0. The van der Waals surface area contributed by atoms with E-state index in [0.717, 1.165) is 0 Å². The van der Waals surface area contributed by atoms with Crippen molar-refractivity contribution >= 4 is 10.1 Å². The van der Waals surface area contributed by atoms with E-state index in [1.807, 2.05) is 0 Å². The minimum absolute atomic E-state index is 0.894. The molecule has 1 N–H and O–H groups in total. The third-order valence-electron chi connectivity index (χ3n) is 2.98. The fourth-order valence-electron chi connectivity index (χ4n) is 1.26. The highest BCUT2D eigenvalue weighted by atomic mass is 32.2. The van der Waals surface area contributed by atoms with Gasteiger partial charge >= 0.3 is 57.6 Å². The van der Waals surface area contributed by atoms with Crippen LogP contribution in [0.3, 0.4) is 0 Å². The van der Waals surface area contributed by atoms with Gasteiger partial charge in [-0.25, -0.2) is 9.47 Å². The Balaban J connectivity index is 6.01. The van der Waals surface area contributed by atoms with Gasteiger partial charge in [0.15, 0.2) is 0 Å². The van der Waals surface area contributed by atoms with Crippen molar-refractivity contribution < 1.29 is 92.7 Å². The van der Waals surface area contributed by atoms with Crippen LogP contribution in [0, 0.1) is 0 Å². The predicted molar refractivity (Wildman–Crippen MR) is 63.6 cm³/mol. The molecule has 0 bridgehead atoms. The molecular weight excluding hydrogens is 536 g/mol. The highest BCUT2D eigenvalue weighted by Gasteiger charge is 2.77. The van der Waals surface area contributed by atoms with Gasteiger partial charge in [-0.1, -0.05) is 0 Å². The van der Waals surface area contributed by atoms with Crippen LogP contribution in [-0.2, 0) is 19.6 Å². The number of rotatable bonds is 11. The van der Waals surface area contributed by atoms with E-state index in [1.165, 1.54) is 4.74 Å². The summed E-state index contributed by atoms with van der Waals surface area (Å²) in [4.78, 5) is 0. The minimum Gasteiger partial charge on any atom is -0.281 e. The van der Waals surface area contributed by atoms with Crippen LogP contribution in [0.1, 0.15) is 13.3 Å². The summed E-state index contributed by atoms with van der Waals surface area (Å²) in [7, 11) is -7.40. The molecule has 32 heavy (non-hydrogen) atoms. The van der Waals surface area contributed by atoms with Crippen molar-refractivity contribution in [2.45, 2.75) is 60.8 Å². The Morgan fingerprint density at radius 1 is 0.594 bits per heavy atom. The second-order valence-electron chi connectivity index (χ2n) is 5.74. The van der Waals surface area contributed by atoms with Crippen LogP contribution in [0.5, 0.6) is 0 Å². The molecule has 0 aromatic rings. The van der Waals surface area contributed by atoms with Crippen LogP contribution in [0.4, 0.5) is 70.2 Å². The first kappa shape index (κ1) is 30.7. The fraction of sp³-hybridized carbons (Fsp3) is 1.00. The van der Waals surface area contributed by atoms with Crippen molar-refractivity contribution in [1.82, 2.24) is 0 Å². The van der Waals surface area contributed by atoms with Crippen molar-refractivity contribution in [3.63, 3.8) is 0 Å². The molecule has 0 aliphatic carbocycles. The van der Waals surface area contributed by atoms with Crippen LogP contribution in [0.2, 0.25) is 0 Å². The maximum atomic E-state index is 13.2. The normalized spacial score (nSPS) is 16.4. The molecule has 0 aromatic carbocycles. The average Bonchev–Trinajstić information content (AvgIpc) is 2.40. The molecule has 0 atom stereocenters. The lowest BCUT2D eigenvalue weighted by molar-refractivity contribution is -0.484. The van der Waals surface area contributed by atoms with E-state index in [4.69, 9.17) is 4.55 Å². The first-order valence-corrected chi connectivity index (χ1v) is 8.21. The Bertz CT molecular complexity index is 786. The molecule has 0 heterocycles. The number of ether oxygens (including phenoxy) is 2. The Morgan fingerprint density at radius 2 is 0.875 bits per heavy atom. The fourth-order valence-corrected chi connectivity index (χ4v) is 1.60. The number of hydrogen-bond donors (Lipinski definition) is 1. The largest absolute Gasteiger partial charge is 0.460 e. The van der Waals surface area contributed by atoms with Crippen LogP contribution < -0.4 is 0 Å². The van der Waals surface area contributed by atoms with Gasteiger partial charge in [0.25, 0.3) is 0 Å². The third kappa shape index (κ3) is 5.79. The molecule has 0 saturated carbocycles. The Hall–Kier alpha value is -1.29. The molecule has 0 unspecified atom stereocenters. The molecule has 0 spiro atoms. The van der Waals surface area contributed by atoms with Crippen molar-refractivity contribution in [1.29, 1.82) is 0 Å². The summed E-state index contributed by atoms with van der Waals surface area (Å²) in [5.41, 5.74) is 0. The van der Waals surface area contributed by atoms with E-state index in [9.17, 15) is 78.7 Å². The molecule has 0 amide bonds. The van der Waals surface area contributed by atoms with Gasteiger partial charge in [0.1, 0.15) is 0 Å². The van der Waals surface area contributed by atoms with E-state index >= 15 is 0 Å². The summed E-state index contributed by atoms with van der Waals surface area (Å²) < 4.78 is 238. The van der Waals surface area contributed by atoms with Gasteiger partial charge < -0.3 is 0 Å². The summed E-state index contributed by atoms with van der Waals surface area (Å²) >= 11 is 0. The highest BCUT2D eigenvalue weighted by Crippen LogP contribution is 2.53. The van der Waals surface area contributed by atoms with Crippen LogP contribution in [-0.4, -0.2) is 60.4 Å². The summed E-state index contributed by atoms with van der Waals surface area (Å²) in [5, 5.41) is -7.14. The molecule has 0 saturated heterocycles.